The first kappa shape index (κ1) is 20.0. The highest BCUT2D eigenvalue weighted by Gasteiger charge is 2.21. The maximum absolute atomic E-state index is 12.5. The number of rotatable bonds is 6. The van der Waals surface area contributed by atoms with E-state index in [0.717, 1.165) is 38.9 Å². The molecule has 0 aliphatic carbocycles. The Morgan fingerprint density at radius 2 is 1.52 bits per heavy atom. The number of amides is 3. The predicted molar refractivity (Wildman–Crippen MR) is 101 cm³/mol. The largest absolute Gasteiger partial charge is 0.341 e. The second-order valence-corrected chi connectivity index (χ2v) is 7.31. The number of hydrogen-bond donors (Lipinski definition) is 1. The summed E-state index contributed by atoms with van der Waals surface area (Å²) in [5.74, 6) is 0.255. The number of nitrogens with one attached hydrogen (secondary N) is 1. The summed E-state index contributed by atoms with van der Waals surface area (Å²) in [6.45, 7) is 9.04. The van der Waals surface area contributed by atoms with Crippen molar-refractivity contribution in [2.75, 3.05) is 52.4 Å². The van der Waals surface area contributed by atoms with E-state index in [4.69, 9.17) is 0 Å². The summed E-state index contributed by atoms with van der Waals surface area (Å²) < 4.78 is 0. The van der Waals surface area contributed by atoms with Crippen LogP contribution in [-0.2, 0) is 4.79 Å². The van der Waals surface area contributed by atoms with Gasteiger partial charge in [0.1, 0.15) is 0 Å². The third-order valence-electron chi connectivity index (χ3n) is 5.23. The van der Waals surface area contributed by atoms with Crippen LogP contribution >= 0.6 is 0 Å². The van der Waals surface area contributed by atoms with E-state index in [1.54, 1.807) is 0 Å². The fourth-order valence-electron chi connectivity index (χ4n) is 3.69. The summed E-state index contributed by atoms with van der Waals surface area (Å²) in [5, 5.41) is 2.93. The molecule has 2 fully saturated rings. The molecule has 0 radical (unpaired) electrons. The van der Waals surface area contributed by atoms with Crippen LogP contribution in [0.3, 0.4) is 0 Å². The van der Waals surface area contributed by atoms with Crippen molar-refractivity contribution in [2.24, 2.45) is 0 Å². The summed E-state index contributed by atoms with van der Waals surface area (Å²) >= 11 is 0. The number of urea groups is 1. The van der Waals surface area contributed by atoms with Gasteiger partial charge in [0.25, 0.3) is 0 Å². The predicted octanol–water partition coefficient (Wildman–Crippen LogP) is 2.30. The summed E-state index contributed by atoms with van der Waals surface area (Å²) in [6.07, 6.45) is 8.72. The van der Waals surface area contributed by atoms with Crippen LogP contribution in [0, 0.1) is 0 Å². The standard InChI is InChI=1S/C19H36N4O2/c1-2-10-20-19(25)23-15-8-14-22(16-17-23)18(24)9-7-13-21-11-5-3-4-6-12-21/h2-17H2,1H3,(H,20,25). The highest BCUT2D eigenvalue weighted by Crippen LogP contribution is 2.11. The van der Waals surface area contributed by atoms with Gasteiger partial charge in [-0.05, 0) is 51.7 Å². The lowest BCUT2D eigenvalue weighted by Gasteiger charge is -2.23. The zero-order chi connectivity index (χ0) is 17.9. The molecular weight excluding hydrogens is 316 g/mol. The fourth-order valence-corrected chi connectivity index (χ4v) is 3.69. The van der Waals surface area contributed by atoms with Crippen LogP contribution in [0.25, 0.3) is 0 Å². The first-order valence-corrected chi connectivity index (χ1v) is 10.2. The Morgan fingerprint density at radius 3 is 2.24 bits per heavy atom. The number of carbonyl (C=O) groups excluding carboxylic acids is 2. The number of hydrogen-bond acceptors (Lipinski definition) is 3. The molecule has 0 aromatic rings. The average molecular weight is 353 g/mol. The van der Waals surface area contributed by atoms with E-state index in [9.17, 15) is 9.59 Å². The molecule has 0 saturated carbocycles. The molecule has 0 aromatic carbocycles. The van der Waals surface area contributed by atoms with Crippen LogP contribution in [0.2, 0.25) is 0 Å². The van der Waals surface area contributed by atoms with E-state index in [1.807, 2.05) is 9.80 Å². The summed E-state index contributed by atoms with van der Waals surface area (Å²) in [6, 6.07) is 0.0114. The van der Waals surface area contributed by atoms with E-state index in [2.05, 4.69) is 17.1 Å². The van der Waals surface area contributed by atoms with Crippen LogP contribution in [-0.4, -0.2) is 79.0 Å². The van der Waals surface area contributed by atoms with E-state index in [0.29, 0.717) is 26.1 Å². The van der Waals surface area contributed by atoms with E-state index >= 15 is 0 Å². The molecule has 0 atom stereocenters. The molecule has 0 unspecified atom stereocenters. The van der Waals surface area contributed by atoms with Crippen molar-refractivity contribution in [1.29, 1.82) is 0 Å². The zero-order valence-corrected chi connectivity index (χ0v) is 16.0. The minimum atomic E-state index is 0.0114. The third-order valence-corrected chi connectivity index (χ3v) is 5.23. The third kappa shape index (κ3) is 7.22. The molecule has 2 saturated heterocycles. The maximum atomic E-state index is 12.5. The molecule has 2 aliphatic heterocycles. The Bertz CT molecular complexity index is 408. The lowest BCUT2D eigenvalue weighted by molar-refractivity contribution is -0.131. The minimum Gasteiger partial charge on any atom is -0.341 e. The van der Waals surface area contributed by atoms with Gasteiger partial charge in [0.05, 0.1) is 0 Å². The van der Waals surface area contributed by atoms with Gasteiger partial charge in [0, 0.05) is 39.1 Å². The number of likely N-dealkylation sites (tertiary alicyclic amines) is 1. The first-order chi connectivity index (χ1) is 12.2. The topological polar surface area (TPSA) is 55.9 Å². The van der Waals surface area contributed by atoms with Crippen LogP contribution in [0.4, 0.5) is 4.79 Å². The van der Waals surface area contributed by atoms with Gasteiger partial charge >= 0.3 is 6.03 Å². The summed E-state index contributed by atoms with van der Waals surface area (Å²) in [5.41, 5.74) is 0. The summed E-state index contributed by atoms with van der Waals surface area (Å²) in [4.78, 5) is 30.9. The molecule has 3 amide bonds. The molecule has 25 heavy (non-hydrogen) atoms. The van der Waals surface area contributed by atoms with Crippen molar-refractivity contribution in [3.8, 4) is 0 Å². The second kappa shape index (κ2) is 11.3. The molecule has 0 spiro atoms. The second-order valence-electron chi connectivity index (χ2n) is 7.31. The smallest absolute Gasteiger partial charge is 0.317 e. The lowest BCUT2D eigenvalue weighted by atomic mass is 10.2. The van der Waals surface area contributed by atoms with E-state index in [-0.39, 0.29) is 11.9 Å². The monoisotopic (exact) mass is 352 g/mol. The van der Waals surface area contributed by atoms with Gasteiger partial charge in [0.15, 0.2) is 0 Å². The van der Waals surface area contributed by atoms with Gasteiger partial charge in [0.2, 0.25) is 5.91 Å². The van der Waals surface area contributed by atoms with Crippen LogP contribution in [0.15, 0.2) is 0 Å². The van der Waals surface area contributed by atoms with Gasteiger partial charge in [-0.25, -0.2) is 4.79 Å². The van der Waals surface area contributed by atoms with Gasteiger partial charge in [-0.2, -0.15) is 0 Å². The first-order valence-electron chi connectivity index (χ1n) is 10.2. The molecule has 1 N–H and O–H groups in total. The van der Waals surface area contributed by atoms with Crippen molar-refractivity contribution >= 4 is 11.9 Å². The lowest BCUT2D eigenvalue weighted by Crippen LogP contribution is -2.42. The van der Waals surface area contributed by atoms with Crippen LogP contribution < -0.4 is 5.32 Å². The van der Waals surface area contributed by atoms with Crippen molar-refractivity contribution in [2.45, 2.75) is 58.3 Å². The normalized spacial score (nSPS) is 20.0. The number of nitrogens with zero attached hydrogens (tertiary/aromatic N) is 3. The maximum Gasteiger partial charge on any atom is 0.317 e. The molecule has 2 aliphatic rings. The van der Waals surface area contributed by atoms with Gasteiger partial charge < -0.3 is 20.0 Å². The van der Waals surface area contributed by atoms with Crippen LogP contribution in [0.5, 0.6) is 0 Å². The van der Waals surface area contributed by atoms with E-state index in [1.165, 1.54) is 38.8 Å². The van der Waals surface area contributed by atoms with Crippen molar-refractivity contribution in [1.82, 2.24) is 20.0 Å². The highest BCUT2D eigenvalue weighted by atomic mass is 16.2. The Balaban J connectivity index is 1.66. The molecule has 0 aromatic heterocycles. The Kier molecular flexibility index (Phi) is 9.08. The molecule has 2 heterocycles. The highest BCUT2D eigenvalue weighted by molar-refractivity contribution is 5.77. The van der Waals surface area contributed by atoms with Crippen molar-refractivity contribution in [3.63, 3.8) is 0 Å². The average Bonchev–Trinajstić information content (AvgIpc) is 3.02. The Morgan fingerprint density at radius 1 is 0.840 bits per heavy atom. The molecule has 2 rings (SSSR count). The minimum absolute atomic E-state index is 0.0114. The van der Waals surface area contributed by atoms with Crippen LogP contribution in [0.1, 0.15) is 58.3 Å². The molecule has 144 valence electrons. The van der Waals surface area contributed by atoms with Gasteiger partial charge in [-0.15, -0.1) is 0 Å². The molecule has 6 nitrogen and oxygen atoms in total. The fraction of sp³-hybridized carbons (Fsp3) is 0.895. The number of carbonyl (C=O) groups is 2. The van der Waals surface area contributed by atoms with E-state index < -0.39 is 0 Å². The quantitative estimate of drug-likeness (QED) is 0.798. The molecular formula is C19H36N4O2. The Labute approximate surface area is 152 Å². The van der Waals surface area contributed by atoms with Gasteiger partial charge in [-0.3, -0.25) is 4.79 Å². The van der Waals surface area contributed by atoms with Crippen molar-refractivity contribution in [3.05, 3.63) is 0 Å². The summed E-state index contributed by atoms with van der Waals surface area (Å²) in [7, 11) is 0. The van der Waals surface area contributed by atoms with Crippen molar-refractivity contribution < 1.29 is 9.59 Å². The molecule has 6 heteroatoms. The molecule has 0 bridgehead atoms. The zero-order valence-electron chi connectivity index (χ0n) is 16.0. The SMILES string of the molecule is CCCNC(=O)N1CCCN(C(=O)CCCN2CCCCCC2)CC1. The Hall–Kier alpha value is -1.30. The van der Waals surface area contributed by atoms with Gasteiger partial charge in [-0.1, -0.05) is 19.8 Å².